The lowest BCUT2D eigenvalue weighted by atomic mass is 9.76. The average Bonchev–Trinajstić information content (AvgIpc) is 3.25. The summed E-state index contributed by atoms with van der Waals surface area (Å²) in [4.78, 5) is 41.1. The van der Waals surface area contributed by atoms with E-state index in [0.717, 1.165) is 5.75 Å². The number of nitrogens with one attached hydrogen (secondary N) is 2. The summed E-state index contributed by atoms with van der Waals surface area (Å²) in [5.41, 5.74) is -0.489. The Balaban J connectivity index is 1.86. The molecule has 1 aromatic rings. The van der Waals surface area contributed by atoms with E-state index in [1.54, 1.807) is 11.8 Å². The smallest absolute Gasteiger partial charge is 0.250 e. The molecule has 4 rings (SSSR count). The minimum absolute atomic E-state index is 0.225. The van der Waals surface area contributed by atoms with Gasteiger partial charge >= 0.3 is 0 Å². The lowest BCUT2D eigenvalue weighted by Gasteiger charge is -2.31. The summed E-state index contributed by atoms with van der Waals surface area (Å²) in [7, 11) is 0. The summed E-state index contributed by atoms with van der Waals surface area (Å²) in [5.74, 6) is -2.11. The van der Waals surface area contributed by atoms with Gasteiger partial charge in [0.1, 0.15) is 11.4 Å². The molecule has 1 aromatic carbocycles. The van der Waals surface area contributed by atoms with Gasteiger partial charge in [0.05, 0.1) is 11.8 Å². The van der Waals surface area contributed by atoms with Crippen LogP contribution >= 0.6 is 11.8 Å². The van der Waals surface area contributed by atoms with Crippen LogP contribution in [-0.4, -0.2) is 46.7 Å². The molecule has 0 bridgehead atoms. The number of carbonyl (C=O) groups is 3. The van der Waals surface area contributed by atoms with Gasteiger partial charge in [0, 0.05) is 23.3 Å². The van der Waals surface area contributed by atoms with Crippen molar-refractivity contribution in [2.24, 2.45) is 11.8 Å². The molecule has 2 fully saturated rings. The number of hydrogen-bond acceptors (Lipinski definition) is 5. The van der Waals surface area contributed by atoms with Crippen LogP contribution in [0.5, 0.6) is 0 Å². The lowest BCUT2D eigenvalue weighted by Crippen LogP contribution is -2.54. The van der Waals surface area contributed by atoms with E-state index in [4.69, 9.17) is 0 Å². The van der Waals surface area contributed by atoms with E-state index in [-0.39, 0.29) is 29.8 Å². The van der Waals surface area contributed by atoms with Gasteiger partial charge in [-0.15, -0.1) is 0 Å². The molecule has 0 saturated carbocycles. The molecule has 5 atom stereocenters. The van der Waals surface area contributed by atoms with E-state index < -0.39 is 23.2 Å². The van der Waals surface area contributed by atoms with Crippen LogP contribution in [0.25, 0.3) is 0 Å². The Morgan fingerprint density at radius 1 is 1.29 bits per heavy atom. The van der Waals surface area contributed by atoms with Crippen LogP contribution in [0.1, 0.15) is 32.3 Å². The van der Waals surface area contributed by atoms with Crippen LogP contribution in [0.2, 0.25) is 0 Å². The summed E-state index contributed by atoms with van der Waals surface area (Å²) >= 11 is 1.65. The highest BCUT2D eigenvalue weighted by molar-refractivity contribution is 7.98. The first-order valence-corrected chi connectivity index (χ1v) is 11.0. The molecular weight excluding hydrogens is 381 g/mol. The number of fused-ring (bicyclic) bond motifs is 4. The lowest BCUT2D eigenvalue weighted by molar-refractivity contribution is -0.145. The minimum atomic E-state index is -1.40. The Morgan fingerprint density at radius 2 is 2.04 bits per heavy atom. The molecule has 1 spiro atoms. The quantitative estimate of drug-likeness (QED) is 0.734. The molecule has 3 amide bonds. The van der Waals surface area contributed by atoms with E-state index in [1.165, 1.54) is 23.1 Å². The first-order chi connectivity index (χ1) is 13.4. The van der Waals surface area contributed by atoms with E-state index in [0.29, 0.717) is 24.1 Å². The number of imide groups is 1. The highest BCUT2D eigenvalue weighted by atomic mass is 32.2. The third kappa shape index (κ3) is 2.47. The van der Waals surface area contributed by atoms with Gasteiger partial charge in [-0.1, -0.05) is 6.92 Å². The Labute approximate surface area is 167 Å². The number of thioether (sulfide) groups is 1. The van der Waals surface area contributed by atoms with Crippen molar-refractivity contribution in [2.75, 3.05) is 17.3 Å². The zero-order valence-electron chi connectivity index (χ0n) is 16.1. The van der Waals surface area contributed by atoms with Crippen molar-refractivity contribution in [3.63, 3.8) is 0 Å². The van der Waals surface area contributed by atoms with Crippen molar-refractivity contribution in [2.45, 2.75) is 44.3 Å². The van der Waals surface area contributed by atoms with Crippen molar-refractivity contribution in [1.82, 2.24) is 10.2 Å². The van der Waals surface area contributed by atoms with E-state index >= 15 is 0 Å². The molecule has 0 unspecified atom stereocenters. The van der Waals surface area contributed by atoms with Gasteiger partial charge < -0.3 is 5.32 Å². The summed E-state index contributed by atoms with van der Waals surface area (Å²) in [6, 6.07) is 3.54. The number of benzene rings is 1. The summed E-state index contributed by atoms with van der Waals surface area (Å²) in [6.45, 7) is 3.77. The number of hydrogen-bond donors (Lipinski definition) is 2. The third-order valence-electron chi connectivity index (χ3n) is 6.38. The fraction of sp³-hybridized carbons (Fsp3) is 0.550. The van der Waals surface area contributed by atoms with Crippen LogP contribution < -0.4 is 10.6 Å². The van der Waals surface area contributed by atoms with Crippen LogP contribution in [0.3, 0.4) is 0 Å². The zero-order chi connectivity index (χ0) is 20.2. The highest BCUT2D eigenvalue weighted by Gasteiger charge is 2.70. The van der Waals surface area contributed by atoms with Crippen molar-refractivity contribution in [3.8, 4) is 0 Å². The summed E-state index contributed by atoms with van der Waals surface area (Å²) in [6.07, 6.45) is 3.27. The number of amides is 3. The molecule has 0 aromatic heterocycles. The molecule has 0 aliphatic carbocycles. The number of likely N-dealkylation sites (tertiary alicyclic amines) is 1. The number of halogens is 1. The van der Waals surface area contributed by atoms with E-state index in [1.807, 2.05) is 20.1 Å². The molecule has 3 aliphatic rings. The number of nitrogens with zero attached hydrogens (tertiary/aromatic N) is 1. The molecule has 6 nitrogen and oxygen atoms in total. The largest absolute Gasteiger partial charge is 0.324 e. The van der Waals surface area contributed by atoms with E-state index in [2.05, 4.69) is 10.6 Å². The summed E-state index contributed by atoms with van der Waals surface area (Å²) in [5, 5.41) is 6.10. The second-order valence-corrected chi connectivity index (χ2v) is 8.78. The Kier molecular flexibility index (Phi) is 4.74. The summed E-state index contributed by atoms with van der Waals surface area (Å²) < 4.78 is 14.1. The fourth-order valence-corrected chi connectivity index (χ4v) is 5.40. The highest BCUT2D eigenvalue weighted by Crippen LogP contribution is 2.53. The fourth-order valence-electron chi connectivity index (χ4n) is 4.91. The van der Waals surface area contributed by atoms with Crippen molar-refractivity contribution >= 4 is 35.2 Å². The van der Waals surface area contributed by atoms with Gasteiger partial charge in [0.2, 0.25) is 17.7 Å². The van der Waals surface area contributed by atoms with Crippen molar-refractivity contribution in [1.29, 1.82) is 0 Å². The predicted octanol–water partition coefficient (Wildman–Crippen LogP) is 2.10. The van der Waals surface area contributed by atoms with Crippen molar-refractivity contribution in [3.05, 3.63) is 29.6 Å². The molecule has 8 heteroatoms. The van der Waals surface area contributed by atoms with Gasteiger partial charge in [-0.05, 0) is 50.0 Å². The maximum atomic E-state index is 14.1. The molecule has 2 saturated heterocycles. The second-order valence-electron chi connectivity index (χ2n) is 7.79. The van der Waals surface area contributed by atoms with Crippen LogP contribution in [0.15, 0.2) is 18.2 Å². The molecular formula is C20H24FN3O3S. The number of anilines is 1. The van der Waals surface area contributed by atoms with Gasteiger partial charge in [0.15, 0.2) is 0 Å². The Morgan fingerprint density at radius 3 is 2.71 bits per heavy atom. The molecule has 0 radical (unpaired) electrons. The monoisotopic (exact) mass is 405 g/mol. The molecule has 3 aliphatic heterocycles. The van der Waals surface area contributed by atoms with Gasteiger partial charge in [-0.2, -0.15) is 11.8 Å². The van der Waals surface area contributed by atoms with E-state index in [9.17, 15) is 18.8 Å². The predicted molar refractivity (Wildman–Crippen MR) is 105 cm³/mol. The first-order valence-electron chi connectivity index (χ1n) is 9.61. The van der Waals surface area contributed by atoms with Gasteiger partial charge in [-0.25, -0.2) is 4.39 Å². The van der Waals surface area contributed by atoms with Crippen molar-refractivity contribution < 1.29 is 18.8 Å². The molecule has 3 heterocycles. The van der Waals surface area contributed by atoms with Crippen LogP contribution in [0, 0.1) is 17.7 Å². The van der Waals surface area contributed by atoms with Crippen LogP contribution in [-0.2, 0) is 19.9 Å². The minimum Gasteiger partial charge on any atom is -0.324 e. The maximum Gasteiger partial charge on any atom is 0.250 e. The van der Waals surface area contributed by atoms with Gasteiger partial charge in [0.25, 0.3) is 0 Å². The number of rotatable bonds is 5. The topological polar surface area (TPSA) is 78.5 Å². The van der Waals surface area contributed by atoms with Crippen LogP contribution in [0.4, 0.5) is 10.1 Å². The SMILES string of the molecule is CC[C@@H](C)N1C(=O)[C@H]2[C@@H](C1=O)[C@@]1(N[C@@H]2CCSC)C(=O)Nc2ccc(F)cc21. The van der Waals surface area contributed by atoms with Gasteiger partial charge in [-0.3, -0.25) is 24.6 Å². The standard InChI is InChI=1S/C20H24FN3O3S/c1-4-10(2)24-17(25)15-14(7-8-28-3)23-20(16(15)18(24)26)12-9-11(21)5-6-13(12)22-19(20)27/h5-6,9-10,14-16,23H,4,7-8H2,1-3H3,(H,22,27)/t10-,14-,15-,16+,20-/m1/s1. The molecule has 28 heavy (non-hydrogen) atoms. The average molecular weight is 405 g/mol. The first kappa shape index (κ1) is 19.4. The normalized spacial score (nSPS) is 32.1. The molecule has 2 N–H and O–H groups in total. The molecule has 150 valence electrons. The Hall–Kier alpha value is -1.93. The number of carbonyl (C=O) groups excluding carboxylic acids is 3. The Bertz CT molecular complexity index is 863. The second kappa shape index (κ2) is 6.84. The maximum absolute atomic E-state index is 14.1. The zero-order valence-corrected chi connectivity index (χ0v) is 16.9. The third-order valence-corrected chi connectivity index (χ3v) is 7.02.